The van der Waals surface area contributed by atoms with Gasteiger partial charge in [-0.05, 0) is 37.6 Å². The number of carbonyl (C=O) groups excluding carboxylic acids is 1. The highest BCUT2D eigenvalue weighted by Gasteiger charge is 2.33. The molecule has 0 aliphatic carbocycles. The maximum Gasteiger partial charge on any atom is 0.416 e. The summed E-state index contributed by atoms with van der Waals surface area (Å²) in [6.45, 7) is 6.26. The number of aryl methyl sites for hydroxylation is 1. The molecule has 3 N–H and O–H groups in total. The van der Waals surface area contributed by atoms with Crippen LogP contribution in [0.5, 0.6) is 0 Å². The number of nitrogens with two attached hydrogens (primary N) is 1. The van der Waals surface area contributed by atoms with E-state index < -0.39 is 17.8 Å². The Morgan fingerprint density at radius 1 is 1.16 bits per heavy atom. The second kappa shape index (κ2) is 8.45. The van der Waals surface area contributed by atoms with Gasteiger partial charge in [0.2, 0.25) is 0 Å². The summed E-state index contributed by atoms with van der Waals surface area (Å²) in [7, 11) is 0. The molecule has 2 aliphatic heterocycles. The van der Waals surface area contributed by atoms with E-state index >= 15 is 0 Å². The molecule has 1 atom stereocenters. The van der Waals surface area contributed by atoms with Crippen molar-refractivity contribution in [3.8, 4) is 0 Å². The van der Waals surface area contributed by atoms with Crippen LogP contribution in [0.25, 0.3) is 0 Å². The van der Waals surface area contributed by atoms with Crippen LogP contribution in [-0.4, -0.2) is 52.1 Å². The van der Waals surface area contributed by atoms with E-state index in [1.165, 1.54) is 6.07 Å². The molecule has 11 heteroatoms. The predicted molar refractivity (Wildman–Crippen MR) is 112 cm³/mol. The minimum absolute atomic E-state index is 0.0369. The Kier molecular flexibility index (Phi) is 5.85. The number of carbonyl (C=O) groups is 1. The largest absolute Gasteiger partial charge is 0.416 e. The molecule has 0 unspecified atom stereocenters. The topological polar surface area (TPSA) is 96.6 Å². The average Bonchev–Trinajstić information content (AvgIpc) is 3.17. The zero-order valence-electron chi connectivity index (χ0n) is 17.9. The fourth-order valence-electron chi connectivity index (χ4n) is 3.97. The van der Waals surface area contributed by atoms with Crippen molar-refractivity contribution in [2.24, 2.45) is 0 Å². The SMILES string of the molecule is Cc1nc2c(c(N[C@H](C)c3cc(N)cc(C(F)(F)F)c3)n1)CN(C(=O)N1CCOCC1)C2. The number of anilines is 2. The third kappa shape index (κ3) is 4.57. The highest BCUT2D eigenvalue weighted by atomic mass is 19.4. The molecule has 0 bridgehead atoms. The molecule has 8 nitrogen and oxygen atoms in total. The summed E-state index contributed by atoms with van der Waals surface area (Å²) in [5.41, 5.74) is 6.84. The van der Waals surface area contributed by atoms with Crippen LogP contribution in [0.3, 0.4) is 0 Å². The van der Waals surface area contributed by atoms with E-state index in [1.807, 2.05) is 0 Å². The van der Waals surface area contributed by atoms with Gasteiger partial charge >= 0.3 is 12.2 Å². The number of rotatable bonds is 3. The van der Waals surface area contributed by atoms with Gasteiger partial charge < -0.3 is 25.6 Å². The van der Waals surface area contributed by atoms with Crippen LogP contribution < -0.4 is 11.1 Å². The second-order valence-corrected chi connectivity index (χ2v) is 8.03. The third-order valence-electron chi connectivity index (χ3n) is 5.60. The van der Waals surface area contributed by atoms with Crippen LogP contribution in [0.15, 0.2) is 18.2 Å². The molecule has 172 valence electrons. The number of alkyl halides is 3. The zero-order chi connectivity index (χ0) is 23.0. The van der Waals surface area contributed by atoms with Crippen molar-refractivity contribution in [1.82, 2.24) is 19.8 Å². The van der Waals surface area contributed by atoms with Gasteiger partial charge in [0.05, 0.1) is 43.6 Å². The van der Waals surface area contributed by atoms with Crippen molar-refractivity contribution in [3.63, 3.8) is 0 Å². The first kappa shape index (κ1) is 22.1. The maximum absolute atomic E-state index is 13.2. The smallest absolute Gasteiger partial charge is 0.399 e. The monoisotopic (exact) mass is 450 g/mol. The van der Waals surface area contributed by atoms with Crippen LogP contribution in [0.2, 0.25) is 0 Å². The highest BCUT2D eigenvalue weighted by molar-refractivity contribution is 5.76. The van der Waals surface area contributed by atoms with Crippen molar-refractivity contribution in [1.29, 1.82) is 0 Å². The molecular weight excluding hydrogens is 425 g/mol. The Balaban J connectivity index is 1.56. The number of halogens is 3. The Labute approximate surface area is 183 Å². The third-order valence-corrected chi connectivity index (χ3v) is 5.60. The van der Waals surface area contributed by atoms with Gasteiger partial charge in [0.15, 0.2) is 0 Å². The summed E-state index contributed by atoms with van der Waals surface area (Å²) in [5, 5.41) is 3.20. The second-order valence-electron chi connectivity index (χ2n) is 8.03. The van der Waals surface area contributed by atoms with Gasteiger partial charge in [0.25, 0.3) is 0 Å². The normalized spacial score (nSPS) is 17.3. The predicted octanol–water partition coefficient (Wildman–Crippen LogP) is 3.33. The molecule has 32 heavy (non-hydrogen) atoms. The van der Waals surface area contributed by atoms with Crippen molar-refractivity contribution in [3.05, 3.63) is 46.4 Å². The van der Waals surface area contributed by atoms with Gasteiger partial charge in [-0.1, -0.05) is 0 Å². The van der Waals surface area contributed by atoms with Crippen LogP contribution in [0.4, 0.5) is 29.5 Å². The number of ether oxygens (including phenoxy) is 1. The molecule has 2 aromatic rings. The first-order valence-electron chi connectivity index (χ1n) is 10.3. The molecule has 2 aliphatic rings. The molecule has 1 fully saturated rings. The lowest BCUT2D eigenvalue weighted by atomic mass is 10.0. The minimum Gasteiger partial charge on any atom is -0.399 e. The Morgan fingerprint density at radius 3 is 2.56 bits per heavy atom. The van der Waals surface area contributed by atoms with Crippen molar-refractivity contribution in [2.75, 3.05) is 37.4 Å². The molecule has 4 rings (SSSR count). The number of urea groups is 1. The number of hydrogen-bond acceptors (Lipinski definition) is 6. The van der Waals surface area contributed by atoms with Gasteiger partial charge in [-0.3, -0.25) is 0 Å². The number of hydrogen-bond donors (Lipinski definition) is 2. The van der Waals surface area contributed by atoms with E-state index in [2.05, 4.69) is 15.3 Å². The molecule has 0 radical (unpaired) electrons. The number of aromatic nitrogens is 2. The fourth-order valence-corrected chi connectivity index (χ4v) is 3.97. The summed E-state index contributed by atoms with van der Waals surface area (Å²) in [5.74, 6) is 1.02. The molecule has 1 aromatic carbocycles. The van der Waals surface area contributed by atoms with Gasteiger partial charge in [-0.15, -0.1) is 0 Å². The summed E-state index contributed by atoms with van der Waals surface area (Å²) in [4.78, 5) is 25.3. The first-order chi connectivity index (χ1) is 15.1. The van der Waals surface area contributed by atoms with E-state index in [0.717, 1.165) is 23.4 Å². The van der Waals surface area contributed by atoms with E-state index in [-0.39, 0.29) is 11.7 Å². The quantitative estimate of drug-likeness (QED) is 0.697. The standard InChI is InChI=1S/C21H25F3N6O2/c1-12(14-7-15(21(22,23)24)9-16(25)8-14)26-19-17-10-30(11-18(17)27-13(2)28-19)20(31)29-3-5-32-6-4-29/h7-9,12H,3-6,10-11,25H2,1-2H3,(H,26,27,28)/t12-/m1/s1. The number of nitrogens with zero attached hydrogens (tertiary/aromatic N) is 4. The van der Waals surface area contributed by atoms with Gasteiger partial charge in [0.1, 0.15) is 11.6 Å². The van der Waals surface area contributed by atoms with E-state index in [9.17, 15) is 18.0 Å². The summed E-state index contributed by atoms with van der Waals surface area (Å²) in [6, 6.07) is 2.92. The van der Waals surface area contributed by atoms with Gasteiger partial charge in [-0.25, -0.2) is 14.8 Å². The van der Waals surface area contributed by atoms with Crippen molar-refractivity contribution in [2.45, 2.75) is 39.2 Å². The molecule has 1 saturated heterocycles. The van der Waals surface area contributed by atoms with Crippen LogP contribution in [-0.2, 0) is 24.0 Å². The van der Waals surface area contributed by atoms with Gasteiger partial charge in [-0.2, -0.15) is 13.2 Å². The Hall–Kier alpha value is -3.08. The van der Waals surface area contributed by atoms with Gasteiger partial charge in [0, 0.05) is 24.3 Å². The summed E-state index contributed by atoms with van der Waals surface area (Å²) >= 11 is 0. The number of morpholine rings is 1. The van der Waals surface area contributed by atoms with Crippen molar-refractivity contribution >= 4 is 17.5 Å². The lowest BCUT2D eigenvalue weighted by molar-refractivity contribution is -0.137. The lowest BCUT2D eigenvalue weighted by Crippen LogP contribution is -2.46. The lowest BCUT2D eigenvalue weighted by Gasteiger charge is -2.30. The number of benzene rings is 1. The number of fused-ring (bicyclic) bond motifs is 1. The minimum atomic E-state index is -4.49. The van der Waals surface area contributed by atoms with E-state index in [0.29, 0.717) is 56.6 Å². The summed E-state index contributed by atoms with van der Waals surface area (Å²) < 4.78 is 44.9. The first-order valence-corrected chi connectivity index (χ1v) is 10.3. The van der Waals surface area contributed by atoms with Crippen molar-refractivity contribution < 1.29 is 22.7 Å². The Bertz CT molecular complexity index is 1020. The molecule has 0 spiro atoms. The maximum atomic E-state index is 13.2. The summed E-state index contributed by atoms with van der Waals surface area (Å²) in [6.07, 6.45) is -4.49. The highest BCUT2D eigenvalue weighted by Crippen LogP contribution is 2.34. The Morgan fingerprint density at radius 2 is 1.88 bits per heavy atom. The molecule has 0 saturated carbocycles. The van der Waals surface area contributed by atoms with E-state index in [1.54, 1.807) is 23.6 Å². The zero-order valence-corrected chi connectivity index (χ0v) is 17.9. The number of nitrogen functional groups attached to an aromatic ring is 1. The molecular formula is C21H25F3N6O2. The molecule has 3 heterocycles. The number of amides is 2. The fraction of sp³-hybridized carbons (Fsp3) is 0.476. The molecule has 2 amide bonds. The van der Waals surface area contributed by atoms with Crippen LogP contribution in [0.1, 0.15) is 41.2 Å². The van der Waals surface area contributed by atoms with Crippen LogP contribution >= 0.6 is 0 Å². The van der Waals surface area contributed by atoms with Crippen LogP contribution in [0, 0.1) is 6.92 Å². The molecule has 1 aromatic heterocycles. The number of nitrogens with one attached hydrogen (secondary N) is 1. The average molecular weight is 450 g/mol. The van der Waals surface area contributed by atoms with E-state index in [4.69, 9.17) is 10.5 Å².